The Bertz CT molecular complexity index is 353. The molecule has 0 radical (unpaired) electrons. The first-order valence-electron chi connectivity index (χ1n) is 7.83. The van der Waals surface area contributed by atoms with Crippen LogP contribution >= 0.6 is 0 Å². The van der Waals surface area contributed by atoms with Crippen LogP contribution < -0.4 is 5.73 Å². The van der Waals surface area contributed by atoms with Crippen molar-refractivity contribution in [3.8, 4) is 0 Å². The molecule has 0 heterocycles. The highest BCUT2D eigenvalue weighted by atomic mass is 16.5. The Hall–Kier alpha value is -0.340. The molecule has 4 aliphatic carbocycles. The zero-order valence-electron chi connectivity index (χ0n) is 11.1. The number of fused-ring (bicyclic) bond motifs is 4. The Morgan fingerprint density at radius 1 is 0.944 bits per heavy atom. The summed E-state index contributed by atoms with van der Waals surface area (Å²) in [7, 11) is 0. The minimum atomic E-state index is 0.546. The Morgan fingerprint density at radius 2 is 1.78 bits per heavy atom. The molecule has 2 N–H and O–H groups in total. The third kappa shape index (κ3) is 1.77. The van der Waals surface area contributed by atoms with Crippen LogP contribution in [0.25, 0.3) is 0 Å². The summed E-state index contributed by atoms with van der Waals surface area (Å²) in [6.45, 7) is 1.94. The summed E-state index contributed by atoms with van der Waals surface area (Å²) >= 11 is 0. The molecule has 3 saturated carbocycles. The van der Waals surface area contributed by atoms with Crippen LogP contribution in [0.15, 0.2) is 12.2 Å². The highest BCUT2D eigenvalue weighted by molar-refractivity contribution is 5.11. The van der Waals surface area contributed by atoms with E-state index in [1.54, 1.807) is 0 Å². The number of nitrogens with two attached hydrogens (primary N) is 1. The van der Waals surface area contributed by atoms with Gasteiger partial charge in [-0.15, -0.1) is 0 Å². The maximum absolute atomic E-state index is 6.26. The van der Waals surface area contributed by atoms with E-state index in [0.717, 1.165) is 48.7 Å². The Morgan fingerprint density at radius 3 is 2.39 bits per heavy atom. The maximum Gasteiger partial charge on any atom is 0.0643 e. The van der Waals surface area contributed by atoms with E-state index in [4.69, 9.17) is 10.5 Å². The lowest BCUT2D eigenvalue weighted by Gasteiger charge is -2.29. The summed E-state index contributed by atoms with van der Waals surface area (Å²) in [6.07, 6.45) is 12.2. The van der Waals surface area contributed by atoms with E-state index >= 15 is 0 Å². The highest BCUT2D eigenvalue weighted by Crippen LogP contribution is 2.52. The van der Waals surface area contributed by atoms with Crippen LogP contribution in [-0.2, 0) is 4.74 Å². The molecule has 7 unspecified atom stereocenters. The first kappa shape index (κ1) is 11.5. The molecule has 0 aromatic heterocycles. The van der Waals surface area contributed by atoms with E-state index in [1.165, 1.54) is 32.1 Å². The molecule has 2 nitrogen and oxygen atoms in total. The second kappa shape index (κ2) is 4.35. The third-order valence-corrected chi connectivity index (χ3v) is 6.19. The van der Waals surface area contributed by atoms with E-state index in [9.17, 15) is 0 Å². The smallest absolute Gasteiger partial charge is 0.0643 e. The van der Waals surface area contributed by atoms with Gasteiger partial charge in [0.15, 0.2) is 0 Å². The number of hydrogen-bond donors (Lipinski definition) is 1. The van der Waals surface area contributed by atoms with Crippen molar-refractivity contribution in [2.24, 2.45) is 41.2 Å². The average molecular weight is 247 g/mol. The zero-order valence-corrected chi connectivity index (χ0v) is 11.1. The molecular weight excluding hydrogens is 222 g/mol. The van der Waals surface area contributed by atoms with Gasteiger partial charge >= 0.3 is 0 Å². The monoisotopic (exact) mass is 247 g/mol. The molecule has 18 heavy (non-hydrogen) atoms. The standard InChI is InChI=1S/C16H25NO/c17-8-14-6-13-5-12(14)7-15(13)9-18-16-4-10-1-2-11(16)3-10/h1-2,10-16H,3-9,17H2. The van der Waals surface area contributed by atoms with Gasteiger partial charge in [0.25, 0.3) is 0 Å². The Balaban J connectivity index is 1.29. The summed E-state index contributed by atoms with van der Waals surface area (Å²) in [5, 5.41) is 0. The molecular formula is C16H25NO. The number of hydrogen-bond acceptors (Lipinski definition) is 2. The lowest BCUT2D eigenvalue weighted by molar-refractivity contribution is 0.000516. The van der Waals surface area contributed by atoms with Crippen LogP contribution in [0.4, 0.5) is 0 Å². The second-order valence-corrected chi connectivity index (χ2v) is 7.14. The van der Waals surface area contributed by atoms with E-state index in [1.807, 2.05) is 0 Å². The normalized spacial score (nSPS) is 52.6. The molecule has 0 spiro atoms. The summed E-state index contributed by atoms with van der Waals surface area (Å²) in [5.41, 5.74) is 5.84. The van der Waals surface area contributed by atoms with E-state index in [-0.39, 0.29) is 0 Å². The summed E-state index contributed by atoms with van der Waals surface area (Å²) in [6, 6.07) is 0. The van der Waals surface area contributed by atoms with E-state index in [2.05, 4.69) is 12.2 Å². The molecule has 0 aliphatic heterocycles. The fraction of sp³-hybridized carbons (Fsp3) is 0.875. The van der Waals surface area contributed by atoms with Gasteiger partial charge in [-0.05, 0) is 68.2 Å². The third-order valence-electron chi connectivity index (χ3n) is 6.19. The highest BCUT2D eigenvalue weighted by Gasteiger charge is 2.45. The van der Waals surface area contributed by atoms with Crippen LogP contribution in [-0.4, -0.2) is 19.3 Å². The summed E-state index contributed by atoms with van der Waals surface area (Å²) in [5.74, 6) is 5.11. The van der Waals surface area contributed by atoms with Crippen molar-refractivity contribution in [3.05, 3.63) is 12.2 Å². The lowest BCUT2D eigenvalue weighted by Crippen LogP contribution is -2.28. The Labute approximate surface area is 110 Å². The summed E-state index contributed by atoms with van der Waals surface area (Å²) < 4.78 is 6.26. The van der Waals surface area contributed by atoms with Gasteiger partial charge in [-0.2, -0.15) is 0 Å². The predicted molar refractivity (Wildman–Crippen MR) is 72.0 cm³/mol. The average Bonchev–Trinajstić information content (AvgIpc) is 3.14. The molecule has 0 aromatic rings. The van der Waals surface area contributed by atoms with Gasteiger partial charge in [-0.1, -0.05) is 12.2 Å². The van der Waals surface area contributed by atoms with Gasteiger partial charge in [0.1, 0.15) is 0 Å². The van der Waals surface area contributed by atoms with Gasteiger partial charge in [0, 0.05) is 5.92 Å². The molecule has 4 bridgehead atoms. The molecule has 4 aliphatic rings. The van der Waals surface area contributed by atoms with Gasteiger partial charge in [-0.25, -0.2) is 0 Å². The molecule has 4 rings (SSSR count). The zero-order chi connectivity index (χ0) is 12.1. The predicted octanol–water partition coefficient (Wildman–Crippen LogP) is 2.59. The quantitative estimate of drug-likeness (QED) is 0.775. The fourth-order valence-electron chi connectivity index (χ4n) is 5.18. The maximum atomic E-state index is 6.26. The summed E-state index contributed by atoms with van der Waals surface area (Å²) in [4.78, 5) is 0. The molecule has 0 saturated heterocycles. The van der Waals surface area contributed by atoms with Crippen molar-refractivity contribution < 1.29 is 4.74 Å². The van der Waals surface area contributed by atoms with Crippen molar-refractivity contribution in [1.29, 1.82) is 0 Å². The van der Waals surface area contributed by atoms with Crippen molar-refractivity contribution in [2.45, 2.75) is 38.2 Å². The van der Waals surface area contributed by atoms with Crippen molar-refractivity contribution in [1.82, 2.24) is 0 Å². The number of allylic oxidation sites excluding steroid dienone is 1. The SMILES string of the molecule is NCC1CC2CC1CC2COC1CC2C=CC1C2. The van der Waals surface area contributed by atoms with Crippen LogP contribution in [0.5, 0.6) is 0 Å². The van der Waals surface area contributed by atoms with Crippen LogP contribution in [0.2, 0.25) is 0 Å². The Kier molecular flexibility index (Phi) is 2.77. The second-order valence-electron chi connectivity index (χ2n) is 7.14. The minimum Gasteiger partial charge on any atom is -0.377 e. The van der Waals surface area contributed by atoms with Crippen molar-refractivity contribution >= 4 is 0 Å². The van der Waals surface area contributed by atoms with Gasteiger partial charge in [0.05, 0.1) is 12.7 Å². The largest absolute Gasteiger partial charge is 0.377 e. The van der Waals surface area contributed by atoms with Gasteiger partial charge in [-0.3, -0.25) is 0 Å². The molecule has 100 valence electrons. The topological polar surface area (TPSA) is 35.2 Å². The number of rotatable bonds is 4. The lowest BCUT2D eigenvalue weighted by atomic mass is 9.82. The van der Waals surface area contributed by atoms with Crippen LogP contribution in [0.3, 0.4) is 0 Å². The van der Waals surface area contributed by atoms with Gasteiger partial charge in [0.2, 0.25) is 0 Å². The fourth-order valence-corrected chi connectivity index (χ4v) is 5.18. The van der Waals surface area contributed by atoms with Crippen molar-refractivity contribution in [2.75, 3.05) is 13.2 Å². The van der Waals surface area contributed by atoms with Crippen molar-refractivity contribution in [3.63, 3.8) is 0 Å². The molecule has 3 fully saturated rings. The van der Waals surface area contributed by atoms with Crippen LogP contribution in [0.1, 0.15) is 32.1 Å². The first-order chi connectivity index (χ1) is 8.83. The minimum absolute atomic E-state index is 0.546. The molecule has 0 amide bonds. The van der Waals surface area contributed by atoms with Gasteiger partial charge < -0.3 is 10.5 Å². The first-order valence-corrected chi connectivity index (χ1v) is 7.83. The van der Waals surface area contributed by atoms with E-state index < -0.39 is 0 Å². The molecule has 0 aromatic carbocycles. The molecule has 2 heteroatoms. The van der Waals surface area contributed by atoms with E-state index in [0.29, 0.717) is 6.10 Å². The number of ether oxygens (including phenoxy) is 1. The molecule has 7 atom stereocenters. The van der Waals surface area contributed by atoms with Crippen LogP contribution in [0, 0.1) is 35.5 Å².